The molecule has 0 fully saturated rings. The first kappa shape index (κ1) is 22.5. The Kier molecular flexibility index (Phi) is 8.10. The fourth-order valence-electron chi connectivity index (χ4n) is 2.88. The summed E-state index contributed by atoms with van der Waals surface area (Å²) in [5, 5.41) is 0.00844. The van der Waals surface area contributed by atoms with Crippen molar-refractivity contribution in [1.29, 1.82) is 0 Å². The molecule has 0 aliphatic carbocycles. The summed E-state index contributed by atoms with van der Waals surface area (Å²) in [7, 11) is 0. The van der Waals surface area contributed by atoms with Gasteiger partial charge in [-0.2, -0.15) is 13.2 Å². The summed E-state index contributed by atoms with van der Waals surface area (Å²) in [5.74, 6) is 0.502. The average molecular weight is 415 g/mol. The van der Waals surface area contributed by atoms with Crippen LogP contribution in [0.1, 0.15) is 63.4 Å². The predicted molar refractivity (Wildman–Crippen MR) is 106 cm³/mol. The van der Waals surface area contributed by atoms with E-state index in [1.807, 2.05) is 13.8 Å². The zero-order valence-electron chi connectivity index (χ0n) is 16.5. The third-order valence-electron chi connectivity index (χ3n) is 4.46. The molecule has 0 amide bonds. The van der Waals surface area contributed by atoms with Crippen LogP contribution in [-0.4, -0.2) is 16.6 Å². The predicted octanol–water partition coefficient (Wildman–Crippen LogP) is 6.90. The number of hydrogen-bond donors (Lipinski definition) is 0. The van der Waals surface area contributed by atoms with Gasteiger partial charge in [-0.3, -0.25) is 0 Å². The van der Waals surface area contributed by atoms with Crippen LogP contribution in [0.3, 0.4) is 0 Å². The summed E-state index contributed by atoms with van der Waals surface area (Å²) in [6, 6.07) is 3.31. The lowest BCUT2D eigenvalue weighted by molar-refractivity contribution is -0.137. The van der Waals surface area contributed by atoms with Crippen molar-refractivity contribution >= 4 is 11.6 Å². The van der Waals surface area contributed by atoms with Gasteiger partial charge in [-0.1, -0.05) is 57.7 Å². The van der Waals surface area contributed by atoms with Crippen LogP contribution in [0, 0.1) is 0 Å². The topological polar surface area (TPSA) is 35.0 Å². The molecule has 1 heterocycles. The highest BCUT2D eigenvalue weighted by atomic mass is 35.5. The molecule has 0 unspecified atom stereocenters. The number of aromatic nitrogens is 2. The van der Waals surface area contributed by atoms with Crippen LogP contribution in [0.25, 0.3) is 11.3 Å². The summed E-state index contributed by atoms with van der Waals surface area (Å²) < 4.78 is 44.6. The fourth-order valence-corrected chi connectivity index (χ4v) is 3.15. The molecule has 0 saturated heterocycles. The lowest BCUT2D eigenvalue weighted by atomic mass is 10.0. The highest BCUT2D eigenvalue weighted by molar-refractivity contribution is 6.33. The number of hydrogen-bond acceptors (Lipinski definition) is 3. The van der Waals surface area contributed by atoms with Gasteiger partial charge in [0.05, 0.1) is 28.6 Å². The third kappa shape index (κ3) is 5.60. The lowest BCUT2D eigenvalue weighted by Gasteiger charge is -2.15. The van der Waals surface area contributed by atoms with E-state index in [0.717, 1.165) is 31.4 Å². The Bertz CT molecular complexity index is 794. The van der Waals surface area contributed by atoms with Crippen LogP contribution in [0.5, 0.6) is 5.88 Å². The van der Waals surface area contributed by atoms with Gasteiger partial charge >= 0.3 is 6.18 Å². The molecular formula is C21H26ClF3N2O. The second-order valence-electron chi connectivity index (χ2n) is 6.58. The molecule has 154 valence electrons. The smallest absolute Gasteiger partial charge is 0.416 e. The molecule has 0 aliphatic heterocycles. The van der Waals surface area contributed by atoms with Crippen LogP contribution >= 0.6 is 11.6 Å². The van der Waals surface area contributed by atoms with Gasteiger partial charge in [0.15, 0.2) is 0 Å². The zero-order chi connectivity index (χ0) is 20.7. The maximum atomic E-state index is 12.9. The minimum absolute atomic E-state index is 0.00844. The number of nitrogens with zero attached hydrogens (tertiary/aromatic N) is 2. The van der Waals surface area contributed by atoms with Crippen LogP contribution in [0.2, 0.25) is 5.02 Å². The molecule has 0 saturated carbocycles. The Morgan fingerprint density at radius 1 is 0.964 bits per heavy atom. The Balaban J connectivity index is 2.35. The molecule has 3 nitrogen and oxygen atoms in total. The molecule has 2 aromatic rings. The Morgan fingerprint density at radius 3 is 2.25 bits per heavy atom. The van der Waals surface area contributed by atoms with E-state index < -0.39 is 11.7 Å². The first-order chi connectivity index (χ1) is 13.3. The number of halogens is 4. The molecule has 0 bridgehead atoms. The van der Waals surface area contributed by atoms with E-state index in [4.69, 9.17) is 16.3 Å². The maximum Gasteiger partial charge on any atom is 0.416 e. The average Bonchev–Trinajstić information content (AvgIpc) is 2.66. The highest BCUT2D eigenvalue weighted by Crippen LogP contribution is 2.36. The standard InChI is InChI=1S/C21H26ClF3N2O/c1-4-7-8-9-12-28-20-18(6-3)26-19(17(5-2)27-20)15-11-10-14(13-16(15)22)21(23,24)25/h10-11,13H,4-9,12H2,1-3H3. The molecule has 1 aromatic heterocycles. The van der Waals surface area contributed by atoms with Gasteiger partial charge in [-0.25, -0.2) is 9.97 Å². The number of unbranched alkanes of at least 4 members (excludes halogenated alkanes) is 3. The van der Waals surface area contributed by atoms with Gasteiger partial charge in [0, 0.05) is 5.56 Å². The van der Waals surface area contributed by atoms with E-state index in [2.05, 4.69) is 16.9 Å². The van der Waals surface area contributed by atoms with Gasteiger partial charge in [-0.05, 0) is 31.4 Å². The molecule has 2 rings (SSSR count). The molecule has 0 radical (unpaired) electrons. The van der Waals surface area contributed by atoms with Crippen molar-refractivity contribution in [3.8, 4) is 17.1 Å². The normalized spacial score (nSPS) is 11.7. The summed E-state index contributed by atoms with van der Waals surface area (Å²) in [5.41, 5.74) is 1.51. The quantitative estimate of drug-likeness (QED) is 0.418. The molecule has 7 heteroatoms. The van der Waals surface area contributed by atoms with E-state index in [9.17, 15) is 13.2 Å². The summed E-state index contributed by atoms with van der Waals surface area (Å²) in [6.45, 7) is 6.59. The molecule has 0 N–H and O–H groups in total. The minimum Gasteiger partial charge on any atom is -0.476 e. The number of aryl methyl sites for hydroxylation is 2. The van der Waals surface area contributed by atoms with Crippen LogP contribution in [-0.2, 0) is 19.0 Å². The van der Waals surface area contributed by atoms with E-state index >= 15 is 0 Å². The largest absolute Gasteiger partial charge is 0.476 e. The van der Waals surface area contributed by atoms with Gasteiger partial charge in [0.1, 0.15) is 5.69 Å². The van der Waals surface area contributed by atoms with Gasteiger partial charge in [0.25, 0.3) is 0 Å². The zero-order valence-corrected chi connectivity index (χ0v) is 17.3. The van der Waals surface area contributed by atoms with Gasteiger partial charge < -0.3 is 4.74 Å². The van der Waals surface area contributed by atoms with Gasteiger partial charge in [-0.15, -0.1) is 0 Å². The van der Waals surface area contributed by atoms with E-state index in [-0.39, 0.29) is 5.02 Å². The first-order valence-electron chi connectivity index (χ1n) is 9.71. The Hall–Kier alpha value is -1.82. The Labute approximate surface area is 169 Å². The molecule has 0 aliphatic rings. The molecule has 0 atom stereocenters. The monoisotopic (exact) mass is 414 g/mol. The fraction of sp³-hybridized carbons (Fsp3) is 0.524. The lowest BCUT2D eigenvalue weighted by Crippen LogP contribution is -2.09. The first-order valence-corrected chi connectivity index (χ1v) is 10.1. The SMILES string of the molecule is CCCCCCOc1nc(CC)c(-c2ccc(C(F)(F)F)cc2Cl)nc1CC. The summed E-state index contributed by atoms with van der Waals surface area (Å²) in [6.07, 6.45) is 1.11. The summed E-state index contributed by atoms with van der Waals surface area (Å²) in [4.78, 5) is 9.25. The second kappa shape index (κ2) is 10.1. The Morgan fingerprint density at radius 2 is 1.68 bits per heavy atom. The van der Waals surface area contributed by atoms with E-state index in [1.165, 1.54) is 12.5 Å². The molecule has 0 spiro atoms. The third-order valence-corrected chi connectivity index (χ3v) is 4.77. The van der Waals surface area contributed by atoms with Gasteiger partial charge in [0.2, 0.25) is 5.88 Å². The van der Waals surface area contributed by atoms with Crippen molar-refractivity contribution in [2.24, 2.45) is 0 Å². The summed E-state index contributed by atoms with van der Waals surface area (Å²) >= 11 is 6.17. The van der Waals surface area contributed by atoms with E-state index in [1.54, 1.807) is 0 Å². The molecule has 1 aromatic carbocycles. The van der Waals surface area contributed by atoms with Crippen LogP contribution < -0.4 is 4.74 Å². The van der Waals surface area contributed by atoms with Crippen molar-refractivity contribution in [2.75, 3.05) is 6.61 Å². The number of rotatable bonds is 9. The number of alkyl halides is 3. The molecular weight excluding hydrogens is 389 g/mol. The van der Waals surface area contributed by atoms with Crippen molar-refractivity contribution in [3.63, 3.8) is 0 Å². The van der Waals surface area contributed by atoms with Crippen molar-refractivity contribution in [2.45, 2.75) is 65.5 Å². The highest BCUT2D eigenvalue weighted by Gasteiger charge is 2.31. The minimum atomic E-state index is -4.44. The molecule has 28 heavy (non-hydrogen) atoms. The van der Waals surface area contributed by atoms with Crippen LogP contribution in [0.15, 0.2) is 18.2 Å². The maximum absolute atomic E-state index is 12.9. The number of ether oxygens (including phenoxy) is 1. The van der Waals surface area contributed by atoms with Crippen molar-refractivity contribution in [1.82, 2.24) is 9.97 Å². The number of benzene rings is 1. The van der Waals surface area contributed by atoms with Crippen molar-refractivity contribution < 1.29 is 17.9 Å². The van der Waals surface area contributed by atoms with E-state index in [0.29, 0.717) is 48.0 Å². The van der Waals surface area contributed by atoms with Crippen molar-refractivity contribution in [3.05, 3.63) is 40.2 Å². The van der Waals surface area contributed by atoms with Crippen LogP contribution in [0.4, 0.5) is 13.2 Å². The second-order valence-corrected chi connectivity index (χ2v) is 6.99.